The number of aromatic nitrogens is 1. The molecule has 0 saturated carbocycles. The van der Waals surface area contributed by atoms with Gasteiger partial charge in [-0.05, 0) is 30.3 Å². The van der Waals surface area contributed by atoms with E-state index in [1.54, 1.807) is 13.8 Å². The molecule has 0 radical (unpaired) electrons. The number of hydrogen-bond acceptors (Lipinski definition) is 6. The van der Waals surface area contributed by atoms with Gasteiger partial charge >= 0.3 is 5.76 Å². The van der Waals surface area contributed by atoms with Crippen molar-refractivity contribution in [1.29, 1.82) is 0 Å². The third-order valence-electron chi connectivity index (χ3n) is 4.76. The van der Waals surface area contributed by atoms with Crippen molar-refractivity contribution in [3.63, 3.8) is 0 Å². The van der Waals surface area contributed by atoms with Crippen LogP contribution in [-0.4, -0.2) is 43.3 Å². The van der Waals surface area contributed by atoms with E-state index in [1.807, 2.05) is 0 Å². The standard InChI is InChI=1S/C20H21FN2O6S/c1-4-22(5-2)30(26,27)14-7-8-16-19(11-14)29-20(25)23(16)12-17(24)13-6-9-18(28-3)15(21)10-13/h6-11H,4-5,12H2,1-3H3. The third-order valence-corrected chi connectivity index (χ3v) is 6.80. The molecule has 1 aromatic heterocycles. The zero-order valence-corrected chi connectivity index (χ0v) is 17.5. The quantitative estimate of drug-likeness (QED) is 0.504. The first-order valence-electron chi connectivity index (χ1n) is 9.23. The molecule has 2 aromatic carbocycles. The lowest BCUT2D eigenvalue weighted by Crippen LogP contribution is -2.30. The molecule has 0 amide bonds. The van der Waals surface area contributed by atoms with E-state index in [1.165, 1.54) is 41.7 Å². The summed E-state index contributed by atoms with van der Waals surface area (Å²) in [5, 5.41) is 0. The Balaban J connectivity index is 1.96. The topological polar surface area (TPSA) is 98.8 Å². The molecule has 0 aliphatic heterocycles. The molecule has 0 unspecified atom stereocenters. The Hall–Kier alpha value is -2.98. The van der Waals surface area contributed by atoms with Gasteiger partial charge in [-0.3, -0.25) is 9.36 Å². The van der Waals surface area contributed by atoms with Crippen LogP contribution in [0, 0.1) is 5.82 Å². The van der Waals surface area contributed by atoms with Crippen LogP contribution in [0.3, 0.4) is 0 Å². The molecular formula is C20H21FN2O6S. The van der Waals surface area contributed by atoms with Crippen molar-refractivity contribution in [3.8, 4) is 5.75 Å². The lowest BCUT2D eigenvalue weighted by molar-refractivity contribution is 0.0970. The molecule has 0 bridgehead atoms. The van der Waals surface area contributed by atoms with Crippen LogP contribution in [0.25, 0.3) is 11.1 Å². The fourth-order valence-corrected chi connectivity index (χ4v) is 4.62. The van der Waals surface area contributed by atoms with Gasteiger partial charge in [-0.1, -0.05) is 13.8 Å². The summed E-state index contributed by atoms with van der Waals surface area (Å²) in [6.07, 6.45) is 0. The minimum atomic E-state index is -3.73. The maximum absolute atomic E-state index is 13.9. The number of sulfonamides is 1. The van der Waals surface area contributed by atoms with E-state index in [-0.39, 0.29) is 33.9 Å². The second-order valence-corrected chi connectivity index (χ2v) is 8.38. The number of ketones is 1. The molecule has 3 rings (SSSR count). The van der Waals surface area contributed by atoms with E-state index in [0.29, 0.717) is 13.1 Å². The van der Waals surface area contributed by atoms with E-state index >= 15 is 0 Å². The Bertz CT molecular complexity index is 1260. The van der Waals surface area contributed by atoms with Crippen LogP contribution >= 0.6 is 0 Å². The van der Waals surface area contributed by atoms with Crippen LogP contribution in [0.4, 0.5) is 4.39 Å². The van der Waals surface area contributed by atoms with E-state index in [0.717, 1.165) is 10.6 Å². The molecule has 160 valence electrons. The highest BCUT2D eigenvalue weighted by molar-refractivity contribution is 7.89. The second-order valence-electron chi connectivity index (χ2n) is 6.45. The SMILES string of the molecule is CCN(CC)S(=O)(=O)c1ccc2c(c1)oc(=O)n2CC(=O)c1ccc(OC)c(F)c1. The predicted octanol–water partition coefficient (Wildman–Crippen LogP) is 2.66. The van der Waals surface area contributed by atoms with Crippen molar-refractivity contribution in [1.82, 2.24) is 8.87 Å². The minimum absolute atomic E-state index is 0.000538. The summed E-state index contributed by atoms with van der Waals surface area (Å²) in [5.41, 5.74) is 0.373. The van der Waals surface area contributed by atoms with Crippen molar-refractivity contribution in [2.24, 2.45) is 0 Å². The lowest BCUT2D eigenvalue weighted by atomic mass is 10.1. The van der Waals surface area contributed by atoms with E-state index < -0.39 is 27.4 Å². The van der Waals surface area contributed by atoms with E-state index in [4.69, 9.17) is 9.15 Å². The smallest absolute Gasteiger partial charge is 0.420 e. The molecule has 10 heteroatoms. The molecule has 0 aliphatic carbocycles. The number of halogens is 1. The predicted molar refractivity (Wildman–Crippen MR) is 108 cm³/mol. The fourth-order valence-electron chi connectivity index (χ4n) is 3.14. The monoisotopic (exact) mass is 436 g/mol. The highest BCUT2D eigenvalue weighted by atomic mass is 32.2. The minimum Gasteiger partial charge on any atom is -0.494 e. The van der Waals surface area contributed by atoms with Gasteiger partial charge in [0, 0.05) is 24.7 Å². The maximum Gasteiger partial charge on any atom is 0.420 e. The number of nitrogens with zero attached hydrogens (tertiary/aromatic N) is 2. The highest BCUT2D eigenvalue weighted by Gasteiger charge is 2.23. The molecule has 30 heavy (non-hydrogen) atoms. The van der Waals surface area contributed by atoms with Crippen molar-refractivity contribution in [3.05, 3.63) is 58.3 Å². The first-order chi connectivity index (χ1) is 14.2. The molecule has 0 atom stereocenters. The maximum atomic E-state index is 13.9. The Morgan fingerprint density at radius 1 is 1.17 bits per heavy atom. The van der Waals surface area contributed by atoms with Gasteiger partial charge in [-0.2, -0.15) is 4.31 Å². The third kappa shape index (κ3) is 3.88. The summed E-state index contributed by atoms with van der Waals surface area (Å²) in [4.78, 5) is 24.8. The number of methoxy groups -OCH3 is 1. The lowest BCUT2D eigenvalue weighted by Gasteiger charge is -2.18. The molecule has 0 N–H and O–H groups in total. The van der Waals surface area contributed by atoms with Gasteiger partial charge < -0.3 is 9.15 Å². The average molecular weight is 436 g/mol. The van der Waals surface area contributed by atoms with Gasteiger partial charge in [0.05, 0.1) is 24.1 Å². The first kappa shape index (κ1) is 21.7. The van der Waals surface area contributed by atoms with Crippen molar-refractivity contribution < 1.29 is 26.8 Å². The van der Waals surface area contributed by atoms with Crippen molar-refractivity contribution in [2.45, 2.75) is 25.3 Å². The average Bonchev–Trinajstić information content (AvgIpc) is 3.03. The molecule has 0 fully saturated rings. The van der Waals surface area contributed by atoms with E-state index in [2.05, 4.69) is 0 Å². The van der Waals surface area contributed by atoms with Crippen LogP contribution in [0.5, 0.6) is 5.75 Å². The largest absolute Gasteiger partial charge is 0.494 e. The highest BCUT2D eigenvalue weighted by Crippen LogP contribution is 2.22. The summed E-state index contributed by atoms with van der Waals surface area (Å²) in [5.74, 6) is -2.02. The number of rotatable bonds is 8. The Morgan fingerprint density at radius 2 is 1.87 bits per heavy atom. The summed E-state index contributed by atoms with van der Waals surface area (Å²) < 4.78 is 51.6. The number of carbonyl (C=O) groups is 1. The van der Waals surface area contributed by atoms with Crippen LogP contribution in [-0.2, 0) is 16.6 Å². The number of carbonyl (C=O) groups excluding carboxylic acids is 1. The molecule has 1 heterocycles. The van der Waals surface area contributed by atoms with Gasteiger partial charge in [-0.25, -0.2) is 17.6 Å². The van der Waals surface area contributed by atoms with Crippen LogP contribution < -0.4 is 10.5 Å². The van der Waals surface area contributed by atoms with Crippen LogP contribution in [0.15, 0.2) is 50.5 Å². The summed E-state index contributed by atoms with van der Waals surface area (Å²) in [6.45, 7) is 3.66. The van der Waals surface area contributed by atoms with Crippen LogP contribution in [0.2, 0.25) is 0 Å². The van der Waals surface area contributed by atoms with Gasteiger partial charge in [-0.15, -0.1) is 0 Å². The second kappa shape index (κ2) is 8.41. The summed E-state index contributed by atoms with van der Waals surface area (Å²) in [6, 6.07) is 7.79. The molecule has 0 aliphatic rings. The number of oxazole rings is 1. The number of hydrogen-bond donors (Lipinski definition) is 0. The zero-order valence-electron chi connectivity index (χ0n) is 16.7. The van der Waals surface area contributed by atoms with Crippen molar-refractivity contribution in [2.75, 3.05) is 20.2 Å². The normalized spacial score (nSPS) is 11.9. The van der Waals surface area contributed by atoms with Gasteiger partial charge in [0.25, 0.3) is 0 Å². The van der Waals surface area contributed by atoms with Crippen molar-refractivity contribution >= 4 is 26.9 Å². The van der Waals surface area contributed by atoms with Crippen LogP contribution in [0.1, 0.15) is 24.2 Å². The first-order valence-corrected chi connectivity index (χ1v) is 10.7. The Morgan fingerprint density at radius 3 is 2.47 bits per heavy atom. The molecule has 8 nitrogen and oxygen atoms in total. The number of ether oxygens (including phenoxy) is 1. The summed E-state index contributed by atoms with van der Waals surface area (Å²) >= 11 is 0. The number of benzene rings is 2. The summed E-state index contributed by atoms with van der Waals surface area (Å²) in [7, 11) is -2.42. The Labute approximate surface area is 172 Å². The number of Topliss-reactive ketones (excluding diaryl/α,β-unsaturated/α-hetero) is 1. The van der Waals surface area contributed by atoms with Gasteiger partial charge in [0.2, 0.25) is 10.0 Å². The Kier molecular flexibility index (Phi) is 6.09. The number of fused-ring (bicyclic) bond motifs is 1. The molecule has 3 aromatic rings. The molecule has 0 spiro atoms. The zero-order chi connectivity index (χ0) is 22.1. The van der Waals surface area contributed by atoms with Gasteiger partial charge in [0.15, 0.2) is 22.9 Å². The molecule has 0 saturated heterocycles. The van der Waals surface area contributed by atoms with E-state index in [9.17, 15) is 22.4 Å². The van der Waals surface area contributed by atoms with Gasteiger partial charge in [0.1, 0.15) is 0 Å². The fraction of sp³-hybridized carbons (Fsp3) is 0.300. The molecular weight excluding hydrogens is 415 g/mol.